The van der Waals surface area contributed by atoms with Crippen LogP contribution in [0.4, 0.5) is 4.79 Å². The highest BCUT2D eigenvalue weighted by atomic mass is 16.5. The summed E-state index contributed by atoms with van der Waals surface area (Å²) in [5.41, 5.74) is 4.54. The molecular weight excluding hydrogens is 440 g/mol. The molecule has 9 heteroatoms. The van der Waals surface area contributed by atoms with E-state index in [9.17, 15) is 19.5 Å². The molecule has 0 bridgehead atoms. The van der Waals surface area contributed by atoms with Gasteiger partial charge in [-0.25, -0.2) is 4.79 Å². The molecule has 180 valence electrons. The minimum absolute atomic E-state index is 0.0387. The predicted molar refractivity (Wildman–Crippen MR) is 122 cm³/mol. The molecule has 3 N–H and O–H groups in total. The first-order valence-electron chi connectivity index (χ1n) is 11.2. The Morgan fingerprint density at radius 2 is 1.71 bits per heavy atom. The summed E-state index contributed by atoms with van der Waals surface area (Å²) in [5, 5.41) is 14.5. The molecule has 1 aliphatic heterocycles. The third-order valence-corrected chi connectivity index (χ3v) is 6.31. The number of fused-ring (bicyclic) bond motifs is 3. The fourth-order valence-corrected chi connectivity index (χ4v) is 4.50. The first-order valence-corrected chi connectivity index (χ1v) is 11.2. The number of carbonyl (C=O) groups excluding carboxylic acids is 2. The maximum Gasteiger partial charge on any atom is 0.407 e. The van der Waals surface area contributed by atoms with Gasteiger partial charge in [0.25, 0.3) is 0 Å². The van der Waals surface area contributed by atoms with Crippen LogP contribution in [-0.2, 0) is 23.8 Å². The van der Waals surface area contributed by atoms with Gasteiger partial charge in [0, 0.05) is 19.6 Å². The molecular formula is C25H28N2O7. The largest absolute Gasteiger partial charge is 0.481 e. The number of ether oxygens (including phenoxy) is 3. The lowest BCUT2D eigenvalue weighted by Crippen LogP contribution is -2.45. The van der Waals surface area contributed by atoms with Crippen molar-refractivity contribution in [3.05, 3.63) is 59.7 Å². The number of amides is 2. The minimum Gasteiger partial charge on any atom is -0.481 e. The van der Waals surface area contributed by atoms with Crippen LogP contribution in [-0.4, -0.2) is 68.7 Å². The van der Waals surface area contributed by atoms with Crippen molar-refractivity contribution in [2.75, 3.05) is 33.5 Å². The Hall–Kier alpha value is -3.43. The molecule has 9 nitrogen and oxygen atoms in total. The lowest BCUT2D eigenvalue weighted by molar-refractivity contribution is -0.142. The van der Waals surface area contributed by atoms with Crippen molar-refractivity contribution in [1.29, 1.82) is 0 Å². The van der Waals surface area contributed by atoms with Crippen LogP contribution in [0.15, 0.2) is 48.5 Å². The van der Waals surface area contributed by atoms with E-state index in [-0.39, 0.29) is 44.6 Å². The first-order chi connectivity index (χ1) is 16.5. The van der Waals surface area contributed by atoms with E-state index >= 15 is 0 Å². The second-order valence-electron chi connectivity index (χ2n) is 8.42. The van der Waals surface area contributed by atoms with E-state index in [0.29, 0.717) is 0 Å². The lowest BCUT2D eigenvalue weighted by atomic mass is 9.98. The highest BCUT2D eigenvalue weighted by molar-refractivity contribution is 5.80. The van der Waals surface area contributed by atoms with Gasteiger partial charge in [-0.2, -0.15) is 0 Å². The molecule has 1 saturated heterocycles. The summed E-state index contributed by atoms with van der Waals surface area (Å²) in [6.45, 7) is 0.482. The minimum atomic E-state index is -1.01. The van der Waals surface area contributed by atoms with Gasteiger partial charge in [-0.1, -0.05) is 48.5 Å². The number of rotatable bonds is 9. The summed E-state index contributed by atoms with van der Waals surface area (Å²) in [6.07, 6.45) is -1.23. The highest BCUT2D eigenvalue weighted by Crippen LogP contribution is 2.44. The molecule has 0 aromatic heterocycles. The van der Waals surface area contributed by atoms with Gasteiger partial charge in [-0.05, 0) is 22.3 Å². The van der Waals surface area contributed by atoms with E-state index in [0.717, 1.165) is 22.3 Å². The quantitative estimate of drug-likeness (QED) is 0.515. The normalized spacial score (nSPS) is 19.7. The Balaban J connectivity index is 1.26. The van der Waals surface area contributed by atoms with Crippen LogP contribution in [0, 0.1) is 5.92 Å². The average molecular weight is 469 g/mol. The zero-order chi connectivity index (χ0) is 24.1. The van der Waals surface area contributed by atoms with Crippen LogP contribution in [0.3, 0.4) is 0 Å². The van der Waals surface area contributed by atoms with Gasteiger partial charge < -0.3 is 30.0 Å². The van der Waals surface area contributed by atoms with E-state index in [1.165, 1.54) is 7.11 Å². The molecule has 2 aliphatic rings. The number of aliphatic carboxylic acids is 1. The fourth-order valence-electron chi connectivity index (χ4n) is 4.50. The molecule has 34 heavy (non-hydrogen) atoms. The first kappa shape index (κ1) is 23.7. The van der Waals surface area contributed by atoms with Gasteiger partial charge in [0.05, 0.1) is 31.8 Å². The van der Waals surface area contributed by atoms with E-state index in [4.69, 9.17) is 14.2 Å². The molecule has 0 spiro atoms. The standard InChI is InChI=1S/C25H28N2O7/c1-32-15(10-23(28)27-22-14-33-12-21(22)24(29)30)11-26-25(31)34-13-20-18-8-4-2-6-16(18)17-7-3-5-9-19(17)20/h2-9,15,20-22H,10-14H2,1H3,(H,26,31)(H,27,28)(H,29,30). The van der Waals surface area contributed by atoms with E-state index in [2.05, 4.69) is 22.8 Å². The Kier molecular flexibility index (Phi) is 7.44. The second-order valence-corrected chi connectivity index (χ2v) is 8.42. The molecule has 1 aliphatic carbocycles. The van der Waals surface area contributed by atoms with Gasteiger partial charge in [0.2, 0.25) is 5.91 Å². The predicted octanol–water partition coefficient (Wildman–Crippen LogP) is 2.15. The van der Waals surface area contributed by atoms with Gasteiger partial charge >= 0.3 is 12.1 Å². The van der Waals surface area contributed by atoms with Crippen LogP contribution < -0.4 is 10.6 Å². The van der Waals surface area contributed by atoms with Crippen LogP contribution in [0.2, 0.25) is 0 Å². The number of hydrogen-bond donors (Lipinski definition) is 3. The van der Waals surface area contributed by atoms with Crippen LogP contribution in [0.25, 0.3) is 11.1 Å². The van der Waals surface area contributed by atoms with Gasteiger partial charge in [0.15, 0.2) is 0 Å². The van der Waals surface area contributed by atoms with Crippen LogP contribution in [0.1, 0.15) is 23.5 Å². The lowest BCUT2D eigenvalue weighted by Gasteiger charge is -2.20. The van der Waals surface area contributed by atoms with E-state index in [1.807, 2.05) is 36.4 Å². The molecule has 0 saturated carbocycles. The molecule has 2 amide bonds. The number of benzene rings is 2. The Labute approximate surface area is 197 Å². The second kappa shape index (κ2) is 10.7. The molecule has 2 aromatic carbocycles. The third-order valence-electron chi connectivity index (χ3n) is 6.31. The maximum atomic E-state index is 12.4. The SMILES string of the molecule is COC(CNC(=O)OCC1c2ccccc2-c2ccccc21)CC(=O)NC1COCC1C(=O)O. The van der Waals surface area contributed by atoms with Gasteiger partial charge in [0.1, 0.15) is 12.5 Å². The fraction of sp³-hybridized carbons (Fsp3) is 0.400. The molecule has 3 unspecified atom stereocenters. The van der Waals surface area contributed by atoms with Crippen LogP contribution >= 0.6 is 0 Å². The van der Waals surface area contributed by atoms with Crippen molar-refractivity contribution >= 4 is 18.0 Å². The smallest absolute Gasteiger partial charge is 0.407 e. The summed E-state index contributed by atoms with van der Waals surface area (Å²) in [6, 6.07) is 15.6. The molecule has 2 aromatic rings. The highest BCUT2D eigenvalue weighted by Gasteiger charge is 2.35. The number of alkyl carbamates (subject to hydrolysis) is 1. The molecule has 4 rings (SSSR count). The summed E-state index contributed by atoms with van der Waals surface area (Å²) in [7, 11) is 1.44. The number of methoxy groups -OCH3 is 1. The average Bonchev–Trinajstić information content (AvgIpc) is 3.43. The Morgan fingerprint density at radius 3 is 2.32 bits per heavy atom. The number of hydrogen-bond acceptors (Lipinski definition) is 6. The van der Waals surface area contributed by atoms with E-state index in [1.54, 1.807) is 0 Å². The van der Waals surface area contributed by atoms with E-state index < -0.39 is 30.1 Å². The van der Waals surface area contributed by atoms with Crippen molar-refractivity contribution in [2.24, 2.45) is 5.92 Å². The monoisotopic (exact) mass is 468 g/mol. The zero-order valence-corrected chi connectivity index (χ0v) is 18.9. The maximum absolute atomic E-state index is 12.4. The van der Waals surface area contributed by atoms with Gasteiger partial charge in [-0.15, -0.1) is 0 Å². The third kappa shape index (κ3) is 5.21. The Morgan fingerprint density at radius 1 is 1.06 bits per heavy atom. The number of carbonyl (C=O) groups is 3. The molecule has 1 heterocycles. The summed E-state index contributed by atoms with van der Waals surface area (Å²) in [4.78, 5) is 35.9. The van der Waals surface area contributed by atoms with Gasteiger partial charge in [-0.3, -0.25) is 9.59 Å². The number of carboxylic acids is 1. The summed E-state index contributed by atoms with van der Waals surface area (Å²) in [5.74, 6) is -2.20. The molecule has 0 radical (unpaired) electrons. The van der Waals surface area contributed by atoms with Crippen molar-refractivity contribution in [2.45, 2.75) is 24.5 Å². The topological polar surface area (TPSA) is 123 Å². The number of carboxylic acid groups (broad SMARTS) is 1. The van der Waals surface area contributed by atoms with Crippen molar-refractivity contribution in [3.63, 3.8) is 0 Å². The summed E-state index contributed by atoms with van der Waals surface area (Å²) < 4.78 is 16.0. The Bertz CT molecular complexity index is 1010. The number of nitrogens with one attached hydrogen (secondary N) is 2. The van der Waals surface area contributed by atoms with Crippen molar-refractivity contribution in [3.8, 4) is 11.1 Å². The summed E-state index contributed by atoms with van der Waals surface area (Å²) >= 11 is 0. The molecule has 3 atom stereocenters. The van der Waals surface area contributed by atoms with Crippen molar-refractivity contribution in [1.82, 2.24) is 10.6 Å². The molecule has 1 fully saturated rings. The van der Waals surface area contributed by atoms with Crippen molar-refractivity contribution < 1.29 is 33.7 Å². The van der Waals surface area contributed by atoms with Crippen LogP contribution in [0.5, 0.6) is 0 Å². The zero-order valence-electron chi connectivity index (χ0n) is 18.9.